The minimum Gasteiger partial charge on any atom is -0.497 e. The van der Waals surface area contributed by atoms with Gasteiger partial charge in [0.05, 0.1) is 31.0 Å². The van der Waals surface area contributed by atoms with Crippen LogP contribution in [0.1, 0.15) is 26.3 Å². The van der Waals surface area contributed by atoms with Gasteiger partial charge < -0.3 is 14.8 Å². The first-order valence-corrected chi connectivity index (χ1v) is 10.1. The Morgan fingerprint density at radius 1 is 0.875 bits per heavy atom. The van der Waals surface area contributed by atoms with Gasteiger partial charge in [-0.1, -0.05) is 42.5 Å². The van der Waals surface area contributed by atoms with Crippen LogP contribution >= 0.6 is 0 Å². The lowest BCUT2D eigenvalue weighted by Gasteiger charge is -2.26. The normalized spacial score (nSPS) is 13.5. The third-order valence-corrected chi connectivity index (χ3v) is 5.38. The van der Waals surface area contributed by atoms with Crippen molar-refractivity contribution in [3.8, 4) is 11.5 Å². The molecule has 32 heavy (non-hydrogen) atoms. The molecule has 1 aliphatic rings. The largest absolute Gasteiger partial charge is 0.497 e. The molecule has 0 fully saturated rings. The number of methoxy groups -OCH3 is 2. The average molecular weight is 430 g/mol. The zero-order chi connectivity index (χ0) is 22.7. The quantitative estimate of drug-likeness (QED) is 0.580. The summed E-state index contributed by atoms with van der Waals surface area (Å²) in [5.41, 5.74) is 1.83. The predicted molar refractivity (Wildman–Crippen MR) is 119 cm³/mol. The van der Waals surface area contributed by atoms with Crippen LogP contribution in [-0.2, 0) is 11.2 Å². The Morgan fingerprint density at radius 3 is 2.09 bits per heavy atom. The Hall–Kier alpha value is -4.13. The van der Waals surface area contributed by atoms with Crippen LogP contribution in [0.25, 0.3) is 0 Å². The molecular weight excluding hydrogens is 408 g/mol. The Balaban J connectivity index is 1.68. The fourth-order valence-electron chi connectivity index (χ4n) is 3.75. The van der Waals surface area contributed by atoms with Gasteiger partial charge in [0.2, 0.25) is 5.91 Å². The van der Waals surface area contributed by atoms with Crippen LogP contribution in [0.4, 0.5) is 5.69 Å². The lowest BCUT2D eigenvalue weighted by Crippen LogP contribution is -2.48. The van der Waals surface area contributed by atoms with Gasteiger partial charge in [-0.2, -0.15) is 0 Å². The zero-order valence-electron chi connectivity index (χ0n) is 17.7. The molecule has 0 saturated carbocycles. The Kier molecular flexibility index (Phi) is 5.89. The molecule has 3 amide bonds. The second kappa shape index (κ2) is 8.93. The molecule has 3 aromatic carbocycles. The number of amides is 3. The van der Waals surface area contributed by atoms with Gasteiger partial charge >= 0.3 is 0 Å². The number of hydrogen-bond donors (Lipinski definition) is 1. The number of anilines is 1. The van der Waals surface area contributed by atoms with Crippen LogP contribution in [0.2, 0.25) is 0 Å². The Bertz CT molecular complexity index is 1140. The summed E-state index contributed by atoms with van der Waals surface area (Å²) in [6.07, 6.45) is 0.177. The van der Waals surface area contributed by atoms with Gasteiger partial charge in [0.15, 0.2) is 0 Å². The molecule has 7 heteroatoms. The highest BCUT2D eigenvalue weighted by Crippen LogP contribution is 2.31. The Labute approximate surface area is 185 Å². The maximum Gasteiger partial charge on any atom is 0.262 e. The molecule has 0 bridgehead atoms. The minimum atomic E-state index is -1.04. The van der Waals surface area contributed by atoms with Crippen molar-refractivity contribution in [2.75, 3.05) is 19.5 Å². The summed E-state index contributed by atoms with van der Waals surface area (Å²) in [4.78, 5) is 40.6. The summed E-state index contributed by atoms with van der Waals surface area (Å²) in [5, 5.41) is 2.81. The Morgan fingerprint density at radius 2 is 1.50 bits per heavy atom. The lowest BCUT2D eigenvalue weighted by molar-refractivity contribution is -0.119. The summed E-state index contributed by atoms with van der Waals surface area (Å²) < 4.78 is 10.6. The molecule has 3 aromatic rings. The highest BCUT2D eigenvalue weighted by atomic mass is 16.5. The maximum absolute atomic E-state index is 13.4. The van der Waals surface area contributed by atoms with Gasteiger partial charge in [0.25, 0.3) is 11.8 Å². The first kappa shape index (κ1) is 21.1. The summed E-state index contributed by atoms with van der Waals surface area (Å²) in [5.74, 6) is -0.488. The molecule has 4 rings (SSSR count). The first-order valence-electron chi connectivity index (χ1n) is 10.1. The van der Waals surface area contributed by atoms with Crippen LogP contribution < -0.4 is 14.8 Å². The van der Waals surface area contributed by atoms with Crippen LogP contribution in [0.5, 0.6) is 11.5 Å². The molecule has 0 radical (unpaired) electrons. The summed E-state index contributed by atoms with van der Waals surface area (Å²) >= 11 is 0. The zero-order valence-corrected chi connectivity index (χ0v) is 17.7. The van der Waals surface area contributed by atoms with Crippen molar-refractivity contribution >= 4 is 23.4 Å². The minimum absolute atomic E-state index is 0.177. The second-order valence-corrected chi connectivity index (χ2v) is 7.29. The molecule has 162 valence electrons. The molecular formula is C25H22N2O5. The lowest BCUT2D eigenvalue weighted by atomic mass is 10.0. The van der Waals surface area contributed by atoms with Gasteiger partial charge in [0.1, 0.15) is 17.5 Å². The van der Waals surface area contributed by atoms with E-state index in [4.69, 9.17) is 9.47 Å². The monoisotopic (exact) mass is 430 g/mol. The van der Waals surface area contributed by atoms with E-state index in [1.807, 2.05) is 30.3 Å². The molecule has 0 aliphatic carbocycles. The van der Waals surface area contributed by atoms with Gasteiger partial charge in [-0.15, -0.1) is 0 Å². The van der Waals surface area contributed by atoms with Crippen LogP contribution in [-0.4, -0.2) is 42.9 Å². The fourth-order valence-corrected chi connectivity index (χ4v) is 3.75. The average Bonchev–Trinajstić information content (AvgIpc) is 3.08. The smallest absolute Gasteiger partial charge is 0.262 e. The highest BCUT2D eigenvalue weighted by Gasteiger charge is 2.42. The summed E-state index contributed by atoms with van der Waals surface area (Å²) in [6.45, 7) is 0. The SMILES string of the molecule is COc1ccc(NC(=O)C(Cc2ccccc2)N2C(=O)c3ccccc3C2=O)c(OC)c1. The molecule has 1 atom stereocenters. The molecule has 1 unspecified atom stereocenters. The van der Waals surface area contributed by atoms with Crippen molar-refractivity contribution in [3.63, 3.8) is 0 Å². The molecule has 1 N–H and O–H groups in total. The van der Waals surface area contributed by atoms with E-state index < -0.39 is 23.8 Å². The number of rotatable bonds is 7. The van der Waals surface area contributed by atoms with E-state index in [1.54, 1.807) is 42.5 Å². The van der Waals surface area contributed by atoms with Crippen molar-refractivity contribution in [1.82, 2.24) is 4.90 Å². The summed E-state index contributed by atoms with van der Waals surface area (Å²) in [6, 6.07) is 19.8. The second-order valence-electron chi connectivity index (χ2n) is 7.29. The van der Waals surface area contributed by atoms with Crippen molar-refractivity contribution in [3.05, 3.63) is 89.5 Å². The van der Waals surface area contributed by atoms with Crippen molar-refractivity contribution in [1.29, 1.82) is 0 Å². The molecule has 0 spiro atoms. The number of imide groups is 1. The van der Waals surface area contributed by atoms with Crippen LogP contribution in [0.3, 0.4) is 0 Å². The summed E-state index contributed by atoms with van der Waals surface area (Å²) in [7, 11) is 3.02. The number of carbonyl (C=O) groups excluding carboxylic acids is 3. The van der Waals surface area contributed by atoms with Crippen molar-refractivity contribution in [2.24, 2.45) is 0 Å². The number of benzene rings is 3. The number of hydrogen-bond acceptors (Lipinski definition) is 5. The molecule has 1 heterocycles. The number of nitrogens with zero attached hydrogens (tertiary/aromatic N) is 1. The molecule has 0 aromatic heterocycles. The number of ether oxygens (including phenoxy) is 2. The van der Waals surface area contributed by atoms with Gasteiger partial charge in [-0.3, -0.25) is 19.3 Å². The van der Waals surface area contributed by atoms with E-state index in [1.165, 1.54) is 14.2 Å². The van der Waals surface area contributed by atoms with Gasteiger partial charge in [0, 0.05) is 12.5 Å². The number of nitrogens with one attached hydrogen (secondary N) is 1. The van der Waals surface area contributed by atoms with Crippen LogP contribution in [0, 0.1) is 0 Å². The van der Waals surface area contributed by atoms with E-state index in [0.29, 0.717) is 28.3 Å². The van der Waals surface area contributed by atoms with E-state index in [9.17, 15) is 14.4 Å². The first-order chi connectivity index (χ1) is 15.5. The third kappa shape index (κ3) is 3.92. The van der Waals surface area contributed by atoms with E-state index in [2.05, 4.69) is 5.32 Å². The van der Waals surface area contributed by atoms with E-state index in [-0.39, 0.29) is 6.42 Å². The molecule has 1 aliphatic heterocycles. The highest BCUT2D eigenvalue weighted by molar-refractivity contribution is 6.23. The molecule has 0 saturated heterocycles. The van der Waals surface area contributed by atoms with E-state index in [0.717, 1.165) is 10.5 Å². The van der Waals surface area contributed by atoms with Crippen molar-refractivity contribution in [2.45, 2.75) is 12.5 Å². The van der Waals surface area contributed by atoms with Gasteiger partial charge in [-0.25, -0.2) is 0 Å². The fraction of sp³-hybridized carbons (Fsp3) is 0.160. The topological polar surface area (TPSA) is 84.9 Å². The molecule has 7 nitrogen and oxygen atoms in total. The number of fused-ring (bicyclic) bond motifs is 1. The third-order valence-electron chi connectivity index (χ3n) is 5.38. The standard InChI is InChI=1S/C25H22N2O5/c1-31-17-12-13-20(22(15-17)32-2)26-23(28)21(14-16-8-4-3-5-9-16)27-24(29)18-10-6-7-11-19(18)25(27)30/h3-13,15,21H,14H2,1-2H3,(H,26,28). The van der Waals surface area contributed by atoms with Crippen LogP contribution in [0.15, 0.2) is 72.8 Å². The van der Waals surface area contributed by atoms with E-state index >= 15 is 0 Å². The maximum atomic E-state index is 13.4. The predicted octanol–water partition coefficient (Wildman–Crippen LogP) is 3.55. The van der Waals surface area contributed by atoms with Gasteiger partial charge in [-0.05, 0) is 29.8 Å². The number of carbonyl (C=O) groups is 3. The van der Waals surface area contributed by atoms with Crippen molar-refractivity contribution < 1.29 is 23.9 Å².